The third-order valence-electron chi connectivity index (χ3n) is 5.53. The molecule has 8 heteroatoms. The molecule has 0 heterocycles. The van der Waals surface area contributed by atoms with Crippen molar-refractivity contribution < 1.29 is 33.5 Å². The van der Waals surface area contributed by atoms with Crippen LogP contribution in [0.15, 0.2) is 30.3 Å². The van der Waals surface area contributed by atoms with Gasteiger partial charge in [0.05, 0.1) is 79.3 Å². The van der Waals surface area contributed by atoms with Crippen molar-refractivity contribution in [1.82, 2.24) is 0 Å². The smallest absolute Gasteiger partial charge is 0.0701 e. The van der Waals surface area contributed by atoms with Crippen molar-refractivity contribution in [2.24, 2.45) is 0 Å². The van der Waals surface area contributed by atoms with Crippen molar-refractivity contribution in [3.63, 3.8) is 0 Å². The van der Waals surface area contributed by atoms with Gasteiger partial charge in [-0.05, 0) is 24.2 Å². The Morgan fingerprint density at radius 1 is 0.459 bits per heavy atom. The number of rotatable bonds is 30. The van der Waals surface area contributed by atoms with Gasteiger partial charge in [-0.15, -0.1) is 0 Å². The van der Waals surface area contributed by atoms with E-state index in [0.717, 1.165) is 18.8 Å². The maximum Gasteiger partial charge on any atom is 0.0701 e. The van der Waals surface area contributed by atoms with Crippen LogP contribution in [0.25, 0.3) is 0 Å². The van der Waals surface area contributed by atoms with Crippen LogP contribution in [0.5, 0.6) is 0 Å². The molecule has 0 saturated carbocycles. The molecule has 0 atom stereocenters. The summed E-state index contributed by atoms with van der Waals surface area (Å²) >= 11 is 2.06. The normalized spacial score (nSPS) is 11.4. The molecule has 0 saturated heterocycles. The summed E-state index contributed by atoms with van der Waals surface area (Å²) in [5.41, 5.74) is 1.43. The standard InChI is InChI=1S/C29H52O7S/c30-14-16-32-18-20-34-22-24-36-26-25-35-23-21-33-19-17-31-15-10-5-3-1-2-4-6-11-27-37-28-29-12-8-7-9-13-29/h7-9,12-13,30H,1-6,10-11,14-28H2. The molecule has 0 bridgehead atoms. The first kappa shape index (κ1) is 34.3. The van der Waals surface area contributed by atoms with Crippen molar-refractivity contribution >= 4 is 11.8 Å². The molecule has 216 valence electrons. The maximum absolute atomic E-state index is 8.57. The Balaban J connectivity index is 1.62. The molecule has 37 heavy (non-hydrogen) atoms. The van der Waals surface area contributed by atoms with Crippen LogP contribution in [0.4, 0.5) is 0 Å². The van der Waals surface area contributed by atoms with E-state index in [2.05, 4.69) is 42.1 Å². The molecule has 1 aromatic rings. The van der Waals surface area contributed by atoms with Crippen molar-refractivity contribution in [2.75, 3.05) is 91.6 Å². The molecule has 0 aliphatic rings. The summed E-state index contributed by atoms with van der Waals surface area (Å²) in [5.74, 6) is 2.42. The van der Waals surface area contributed by atoms with Crippen LogP contribution in [-0.2, 0) is 34.2 Å². The number of aliphatic hydroxyl groups is 1. The zero-order valence-corrected chi connectivity index (χ0v) is 23.8. The van der Waals surface area contributed by atoms with Gasteiger partial charge in [-0.1, -0.05) is 68.9 Å². The number of hydrogen-bond donors (Lipinski definition) is 1. The second kappa shape index (κ2) is 29.8. The lowest BCUT2D eigenvalue weighted by Gasteiger charge is -2.08. The van der Waals surface area contributed by atoms with Crippen LogP contribution in [0.2, 0.25) is 0 Å². The molecule has 0 amide bonds. The van der Waals surface area contributed by atoms with Crippen LogP contribution in [0.3, 0.4) is 0 Å². The van der Waals surface area contributed by atoms with E-state index in [1.54, 1.807) is 0 Å². The zero-order chi connectivity index (χ0) is 26.3. The second-order valence-electron chi connectivity index (χ2n) is 8.76. The Kier molecular flexibility index (Phi) is 27.7. The van der Waals surface area contributed by atoms with Gasteiger partial charge in [0.25, 0.3) is 0 Å². The Morgan fingerprint density at radius 2 is 0.865 bits per heavy atom. The van der Waals surface area contributed by atoms with Crippen LogP contribution in [-0.4, -0.2) is 96.7 Å². The maximum atomic E-state index is 8.57. The summed E-state index contributed by atoms with van der Waals surface area (Å²) in [6.07, 6.45) is 10.5. The average Bonchev–Trinajstić information content (AvgIpc) is 2.93. The first-order valence-electron chi connectivity index (χ1n) is 14.1. The lowest BCUT2D eigenvalue weighted by Crippen LogP contribution is -2.14. The van der Waals surface area contributed by atoms with Crippen molar-refractivity contribution in [3.05, 3.63) is 35.9 Å². The Labute approximate surface area is 229 Å². The summed E-state index contributed by atoms with van der Waals surface area (Å²) < 4.78 is 32.5. The summed E-state index contributed by atoms with van der Waals surface area (Å²) in [4.78, 5) is 0. The van der Waals surface area contributed by atoms with Crippen LogP contribution in [0, 0.1) is 0 Å². The molecule has 1 aromatic carbocycles. The fourth-order valence-corrected chi connectivity index (χ4v) is 4.48. The molecule has 0 fully saturated rings. The molecule has 1 N–H and O–H groups in total. The second-order valence-corrected chi connectivity index (χ2v) is 9.87. The van der Waals surface area contributed by atoms with E-state index in [4.69, 9.17) is 33.5 Å². The Morgan fingerprint density at radius 3 is 1.35 bits per heavy atom. The largest absolute Gasteiger partial charge is 0.394 e. The Bertz CT molecular complexity index is 550. The van der Waals surface area contributed by atoms with Gasteiger partial charge in [-0.3, -0.25) is 0 Å². The van der Waals surface area contributed by atoms with Crippen LogP contribution < -0.4 is 0 Å². The van der Waals surface area contributed by atoms with Gasteiger partial charge in [-0.25, -0.2) is 0 Å². The lowest BCUT2D eigenvalue weighted by molar-refractivity contribution is -0.0182. The van der Waals surface area contributed by atoms with Gasteiger partial charge in [0, 0.05) is 12.4 Å². The molecule has 0 spiro atoms. The fraction of sp³-hybridized carbons (Fsp3) is 0.793. The van der Waals surface area contributed by atoms with E-state index >= 15 is 0 Å². The minimum absolute atomic E-state index is 0.0407. The number of benzene rings is 1. The highest BCUT2D eigenvalue weighted by molar-refractivity contribution is 7.98. The lowest BCUT2D eigenvalue weighted by atomic mass is 10.1. The fourth-order valence-electron chi connectivity index (χ4n) is 3.50. The van der Waals surface area contributed by atoms with E-state index in [1.807, 2.05) is 0 Å². The topological polar surface area (TPSA) is 75.6 Å². The number of aliphatic hydroxyl groups excluding tert-OH is 1. The predicted molar refractivity (Wildman–Crippen MR) is 152 cm³/mol. The molecular weight excluding hydrogens is 492 g/mol. The first-order valence-corrected chi connectivity index (χ1v) is 15.3. The van der Waals surface area contributed by atoms with Gasteiger partial charge in [0.2, 0.25) is 0 Å². The monoisotopic (exact) mass is 544 g/mol. The number of unbranched alkanes of at least 4 members (excludes halogenated alkanes) is 7. The van der Waals surface area contributed by atoms with Gasteiger partial charge in [0.15, 0.2) is 0 Å². The highest BCUT2D eigenvalue weighted by Gasteiger charge is 1.97. The van der Waals surface area contributed by atoms with Gasteiger partial charge < -0.3 is 33.5 Å². The van der Waals surface area contributed by atoms with Crippen molar-refractivity contribution in [3.8, 4) is 0 Å². The summed E-state index contributed by atoms with van der Waals surface area (Å²) in [6.45, 7) is 6.78. The van der Waals surface area contributed by atoms with Crippen molar-refractivity contribution in [2.45, 2.75) is 57.1 Å². The molecule has 0 radical (unpaired) electrons. The molecule has 7 nitrogen and oxygen atoms in total. The van der Waals surface area contributed by atoms with Crippen molar-refractivity contribution in [1.29, 1.82) is 0 Å². The van der Waals surface area contributed by atoms with Gasteiger partial charge in [-0.2, -0.15) is 11.8 Å². The van der Waals surface area contributed by atoms with E-state index in [1.165, 1.54) is 56.3 Å². The predicted octanol–water partition coefficient (Wildman–Crippen LogP) is 5.13. The van der Waals surface area contributed by atoms with E-state index in [0.29, 0.717) is 72.7 Å². The number of ether oxygens (including phenoxy) is 6. The zero-order valence-electron chi connectivity index (χ0n) is 23.0. The molecule has 0 aliphatic heterocycles. The van der Waals surface area contributed by atoms with E-state index in [-0.39, 0.29) is 6.61 Å². The minimum Gasteiger partial charge on any atom is -0.394 e. The minimum atomic E-state index is 0.0407. The van der Waals surface area contributed by atoms with Crippen LogP contribution in [0.1, 0.15) is 56.9 Å². The molecular formula is C29H52O7S. The summed E-state index contributed by atoms with van der Waals surface area (Å²) in [7, 11) is 0. The Hall–Kier alpha value is -0.710. The molecule has 0 unspecified atom stereocenters. The summed E-state index contributed by atoms with van der Waals surface area (Å²) in [5, 5.41) is 8.57. The number of hydrogen-bond acceptors (Lipinski definition) is 8. The third-order valence-corrected chi connectivity index (χ3v) is 6.65. The van der Waals surface area contributed by atoms with Crippen LogP contribution >= 0.6 is 11.8 Å². The summed E-state index contributed by atoms with van der Waals surface area (Å²) in [6, 6.07) is 10.8. The highest BCUT2D eigenvalue weighted by Crippen LogP contribution is 2.15. The SMILES string of the molecule is OCCOCCOCCOCCOCCOCCOCCCCCCCCCCSCc1ccccc1. The number of thioether (sulfide) groups is 1. The van der Waals surface area contributed by atoms with E-state index < -0.39 is 0 Å². The molecule has 0 aliphatic carbocycles. The third kappa shape index (κ3) is 26.7. The average molecular weight is 545 g/mol. The quantitative estimate of drug-likeness (QED) is 0.134. The van der Waals surface area contributed by atoms with E-state index in [9.17, 15) is 0 Å². The molecule has 1 rings (SSSR count). The van der Waals surface area contributed by atoms with Gasteiger partial charge in [0.1, 0.15) is 0 Å². The molecule has 0 aromatic heterocycles. The first-order chi connectivity index (χ1) is 18.4. The highest BCUT2D eigenvalue weighted by atomic mass is 32.2. The van der Waals surface area contributed by atoms with Gasteiger partial charge >= 0.3 is 0 Å².